The Morgan fingerprint density at radius 2 is 1.98 bits per heavy atom. The summed E-state index contributed by atoms with van der Waals surface area (Å²) in [5.41, 5.74) is -1.57. The maximum atomic E-state index is 15.2. The molecule has 3 fully saturated rings. The zero-order valence-corrected chi connectivity index (χ0v) is 30.7. The second-order valence-corrected chi connectivity index (χ2v) is 15.1. The molecule has 2 saturated heterocycles. The quantitative estimate of drug-likeness (QED) is 0.140. The standard InChI is InChI=1S/C40H45F5N6O4/c1-4-29-31(42)9-8-25-18-28(52)19-33(35(25)29)50-15-10-30-32(22-50)47-37(48-36(30)46-23-38(13-6-7-14-38)49(3)34(53)5-2)55-24-39(40(43,44)45)20-26(41)21-51(39)27-11-16-54-17-12-27/h1,5,8-9,18-19,26-27,52H,2,6-7,10-17,20-24H2,3H3,(H,46,47,48)/t26-,39+/m1/s1. The lowest BCUT2D eigenvalue weighted by Crippen LogP contribution is -2.62. The van der Waals surface area contributed by atoms with Crippen LogP contribution < -0.4 is 15.0 Å². The van der Waals surface area contributed by atoms with E-state index in [-0.39, 0.29) is 49.5 Å². The number of terminal acetylenes is 1. The number of phenolic OH excluding ortho intramolecular Hbond substituents is 1. The van der Waals surface area contributed by atoms with Gasteiger partial charge in [-0.1, -0.05) is 31.4 Å². The third kappa shape index (κ3) is 7.15. The van der Waals surface area contributed by atoms with E-state index in [0.29, 0.717) is 65.9 Å². The molecule has 3 aliphatic heterocycles. The first-order valence-corrected chi connectivity index (χ1v) is 18.7. The van der Waals surface area contributed by atoms with Crippen LogP contribution in [0, 0.1) is 18.2 Å². The van der Waals surface area contributed by atoms with Crippen molar-refractivity contribution in [3.8, 4) is 24.1 Å². The number of ether oxygens (including phenoxy) is 2. The number of carbonyl (C=O) groups is 1. The zero-order valence-electron chi connectivity index (χ0n) is 30.7. The minimum absolute atomic E-state index is 0.0293. The molecule has 0 radical (unpaired) electrons. The number of likely N-dealkylation sites (N-methyl/N-ethyl adjacent to an activating group) is 1. The van der Waals surface area contributed by atoms with Crippen molar-refractivity contribution in [2.75, 3.05) is 56.7 Å². The topological polar surface area (TPSA) is 103 Å². The van der Waals surface area contributed by atoms with Gasteiger partial charge in [-0.25, -0.2) is 8.78 Å². The Bertz CT molecular complexity index is 1990. The summed E-state index contributed by atoms with van der Waals surface area (Å²) in [6, 6.07) is 4.89. The van der Waals surface area contributed by atoms with Crippen LogP contribution in [-0.2, 0) is 22.5 Å². The van der Waals surface area contributed by atoms with Gasteiger partial charge in [-0.05, 0) is 55.7 Å². The van der Waals surface area contributed by atoms with Gasteiger partial charge in [-0.3, -0.25) is 9.69 Å². The number of likely N-dealkylation sites (tertiary alicyclic amines) is 1. The third-order valence-corrected chi connectivity index (χ3v) is 12.0. The van der Waals surface area contributed by atoms with Crippen LogP contribution in [0.25, 0.3) is 10.8 Å². The highest BCUT2D eigenvalue weighted by atomic mass is 19.4. The van der Waals surface area contributed by atoms with Gasteiger partial charge < -0.3 is 29.7 Å². The molecule has 2 aromatic carbocycles. The number of hydrogen-bond acceptors (Lipinski definition) is 9. The second kappa shape index (κ2) is 15.1. The molecule has 4 heterocycles. The summed E-state index contributed by atoms with van der Waals surface area (Å²) in [6.45, 7) is 3.66. The molecular weight excluding hydrogens is 723 g/mol. The molecule has 3 aromatic rings. The summed E-state index contributed by atoms with van der Waals surface area (Å²) in [5.74, 6) is 1.88. The molecule has 2 N–H and O–H groups in total. The number of halogens is 5. The number of phenols is 1. The molecule has 0 unspecified atom stereocenters. The Kier molecular flexibility index (Phi) is 10.6. The van der Waals surface area contributed by atoms with Gasteiger partial charge in [-0.15, -0.1) is 6.42 Å². The Morgan fingerprint density at radius 1 is 1.24 bits per heavy atom. The second-order valence-electron chi connectivity index (χ2n) is 15.1. The van der Waals surface area contributed by atoms with Crippen LogP contribution in [0.5, 0.6) is 11.8 Å². The molecule has 1 aromatic heterocycles. The SMILES string of the molecule is C#Cc1c(F)ccc2cc(O)cc(N3CCc4c(nc(OC[C@]5(C(F)(F)F)C[C@@H](F)CN5C5CCOCC5)nc4NCC4(N(C)C(=O)C=C)CCCC4)C3)c12. The van der Waals surface area contributed by atoms with Gasteiger partial charge in [0.1, 0.15) is 30.2 Å². The van der Waals surface area contributed by atoms with E-state index in [2.05, 4.69) is 27.8 Å². The minimum atomic E-state index is -4.84. The summed E-state index contributed by atoms with van der Waals surface area (Å²) in [6.07, 6.45) is 3.95. The molecule has 1 aliphatic carbocycles. The van der Waals surface area contributed by atoms with Crippen molar-refractivity contribution in [3.05, 3.63) is 59.6 Å². The van der Waals surface area contributed by atoms with Gasteiger partial charge in [0.15, 0.2) is 5.54 Å². The van der Waals surface area contributed by atoms with E-state index in [4.69, 9.17) is 15.9 Å². The molecular formula is C40H45F5N6O4. The number of nitrogens with zero attached hydrogens (tertiary/aromatic N) is 5. The predicted octanol–water partition coefficient (Wildman–Crippen LogP) is 6.29. The summed E-state index contributed by atoms with van der Waals surface area (Å²) in [5, 5.41) is 15.0. The van der Waals surface area contributed by atoms with Crippen LogP contribution >= 0.6 is 0 Å². The number of alkyl halides is 4. The maximum Gasteiger partial charge on any atom is 0.410 e. The van der Waals surface area contributed by atoms with E-state index in [9.17, 15) is 14.3 Å². The molecule has 0 bridgehead atoms. The number of nitrogens with one attached hydrogen (secondary N) is 1. The van der Waals surface area contributed by atoms with E-state index in [1.807, 2.05) is 4.90 Å². The number of anilines is 2. The number of aromatic nitrogens is 2. The van der Waals surface area contributed by atoms with E-state index >= 15 is 17.6 Å². The Labute approximate surface area is 316 Å². The van der Waals surface area contributed by atoms with Crippen molar-refractivity contribution < 1.29 is 41.3 Å². The number of amides is 1. The molecule has 15 heteroatoms. The van der Waals surface area contributed by atoms with Crippen molar-refractivity contribution in [3.63, 3.8) is 0 Å². The molecule has 10 nitrogen and oxygen atoms in total. The molecule has 0 spiro atoms. The first-order chi connectivity index (χ1) is 26.3. The van der Waals surface area contributed by atoms with E-state index in [0.717, 1.165) is 25.7 Å². The van der Waals surface area contributed by atoms with Gasteiger partial charge in [-0.2, -0.15) is 23.1 Å². The monoisotopic (exact) mass is 768 g/mol. The van der Waals surface area contributed by atoms with Gasteiger partial charge >= 0.3 is 12.2 Å². The van der Waals surface area contributed by atoms with Crippen molar-refractivity contribution >= 4 is 28.2 Å². The molecule has 294 valence electrons. The first kappa shape index (κ1) is 38.6. The number of aromatic hydroxyl groups is 1. The molecule has 7 rings (SSSR count). The highest BCUT2D eigenvalue weighted by Gasteiger charge is 2.65. The van der Waals surface area contributed by atoms with Gasteiger partial charge in [0.05, 0.1) is 23.3 Å². The van der Waals surface area contributed by atoms with E-state index in [1.165, 1.54) is 35.2 Å². The Balaban J connectivity index is 1.26. The van der Waals surface area contributed by atoms with Crippen LogP contribution in [0.3, 0.4) is 0 Å². The average molecular weight is 769 g/mol. The fourth-order valence-corrected chi connectivity index (χ4v) is 9.02. The number of fused-ring (bicyclic) bond motifs is 2. The average Bonchev–Trinajstić information content (AvgIpc) is 3.81. The lowest BCUT2D eigenvalue weighted by Gasteiger charge is -2.44. The largest absolute Gasteiger partial charge is 0.508 e. The Morgan fingerprint density at radius 3 is 2.67 bits per heavy atom. The smallest absolute Gasteiger partial charge is 0.410 e. The summed E-state index contributed by atoms with van der Waals surface area (Å²) in [7, 11) is 1.73. The minimum Gasteiger partial charge on any atom is -0.508 e. The van der Waals surface area contributed by atoms with Crippen molar-refractivity contribution in [2.45, 2.75) is 87.4 Å². The van der Waals surface area contributed by atoms with Crippen LogP contribution in [0.2, 0.25) is 0 Å². The molecule has 2 atom stereocenters. The van der Waals surface area contributed by atoms with Crippen LogP contribution in [-0.4, -0.2) is 107 Å². The van der Waals surface area contributed by atoms with Crippen molar-refractivity contribution in [2.24, 2.45) is 0 Å². The van der Waals surface area contributed by atoms with Crippen LogP contribution in [0.1, 0.15) is 61.8 Å². The van der Waals surface area contributed by atoms with Gasteiger partial charge in [0, 0.05) is 75.1 Å². The lowest BCUT2D eigenvalue weighted by molar-refractivity contribution is -0.241. The summed E-state index contributed by atoms with van der Waals surface area (Å²) < 4.78 is 86.9. The third-order valence-electron chi connectivity index (χ3n) is 12.0. The first-order valence-electron chi connectivity index (χ1n) is 18.7. The van der Waals surface area contributed by atoms with Gasteiger partial charge in [0.2, 0.25) is 5.91 Å². The number of benzene rings is 2. The fourth-order valence-electron chi connectivity index (χ4n) is 9.02. The maximum absolute atomic E-state index is 15.2. The number of hydrogen-bond donors (Lipinski definition) is 2. The zero-order chi connectivity index (χ0) is 39.1. The molecule has 4 aliphatic rings. The number of rotatable bonds is 10. The highest BCUT2D eigenvalue weighted by Crippen LogP contribution is 2.47. The lowest BCUT2D eigenvalue weighted by atomic mass is 9.92. The normalized spacial score (nSPS) is 23.0. The molecule has 1 amide bonds. The van der Waals surface area contributed by atoms with Crippen molar-refractivity contribution in [1.29, 1.82) is 0 Å². The fraction of sp³-hybridized carbons (Fsp3) is 0.525. The van der Waals surface area contributed by atoms with Crippen molar-refractivity contribution in [1.82, 2.24) is 19.8 Å². The number of carbonyl (C=O) groups excluding carboxylic acids is 1. The van der Waals surface area contributed by atoms with E-state index in [1.54, 1.807) is 11.9 Å². The predicted molar refractivity (Wildman–Crippen MR) is 197 cm³/mol. The summed E-state index contributed by atoms with van der Waals surface area (Å²) >= 11 is 0. The van der Waals surface area contributed by atoms with Gasteiger partial charge in [0.25, 0.3) is 0 Å². The molecule has 1 saturated carbocycles. The van der Waals surface area contributed by atoms with Crippen LogP contribution in [0.4, 0.5) is 33.5 Å². The Hall–Kier alpha value is -4.68. The van der Waals surface area contributed by atoms with Crippen LogP contribution in [0.15, 0.2) is 36.9 Å². The summed E-state index contributed by atoms with van der Waals surface area (Å²) in [4.78, 5) is 26.8. The highest BCUT2D eigenvalue weighted by molar-refractivity contribution is 6.00. The molecule has 55 heavy (non-hydrogen) atoms. The van der Waals surface area contributed by atoms with E-state index < -0.39 is 48.3 Å².